The Labute approximate surface area is 136 Å². The fraction of sp³-hybridized carbons (Fsp3) is 0.938. The van der Waals surface area contributed by atoms with Crippen LogP contribution in [-0.2, 0) is 4.79 Å². The second-order valence-electron chi connectivity index (χ2n) is 6.58. The van der Waals surface area contributed by atoms with E-state index < -0.39 is 0 Å². The van der Waals surface area contributed by atoms with Gasteiger partial charge in [0.2, 0.25) is 5.91 Å². The minimum Gasteiger partial charge on any atom is -0.352 e. The summed E-state index contributed by atoms with van der Waals surface area (Å²) < 4.78 is 0. The highest BCUT2D eigenvalue weighted by molar-refractivity contribution is 5.82. The third-order valence-corrected chi connectivity index (χ3v) is 4.39. The fourth-order valence-corrected chi connectivity index (χ4v) is 2.64. The van der Waals surface area contributed by atoms with Crippen LogP contribution in [0.4, 0.5) is 0 Å². The van der Waals surface area contributed by atoms with Crippen LogP contribution in [0.1, 0.15) is 20.3 Å². The van der Waals surface area contributed by atoms with Crippen LogP contribution in [0.25, 0.3) is 0 Å². The van der Waals surface area contributed by atoms with Crippen molar-refractivity contribution >= 4 is 5.91 Å². The van der Waals surface area contributed by atoms with Gasteiger partial charge in [0.1, 0.15) is 6.04 Å². The van der Waals surface area contributed by atoms with Gasteiger partial charge in [0.25, 0.3) is 0 Å². The molecule has 130 valence electrons. The van der Waals surface area contributed by atoms with Gasteiger partial charge in [-0.25, -0.2) is 0 Å². The molecule has 1 heterocycles. The normalized spacial score (nSPS) is 22.0. The van der Waals surface area contributed by atoms with E-state index >= 15 is 0 Å². The number of carbonyl (C=O) groups is 1. The number of rotatable bonds is 9. The van der Waals surface area contributed by atoms with Gasteiger partial charge in [-0.3, -0.25) is 14.6 Å². The molecule has 1 rings (SSSR count). The van der Waals surface area contributed by atoms with E-state index in [2.05, 4.69) is 53.3 Å². The zero-order valence-corrected chi connectivity index (χ0v) is 15.1. The molecule has 0 saturated carbocycles. The summed E-state index contributed by atoms with van der Waals surface area (Å²) in [4.78, 5) is 19.5. The van der Waals surface area contributed by atoms with Crippen LogP contribution in [-0.4, -0.2) is 99.6 Å². The lowest BCUT2D eigenvalue weighted by molar-refractivity contribution is -0.129. The Morgan fingerprint density at radius 2 is 2.05 bits per heavy atom. The molecule has 1 fully saturated rings. The molecule has 2 unspecified atom stereocenters. The molecule has 1 amide bonds. The van der Waals surface area contributed by atoms with E-state index in [-0.39, 0.29) is 18.0 Å². The highest BCUT2D eigenvalue weighted by Crippen LogP contribution is 2.10. The van der Waals surface area contributed by atoms with Crippen molar-refractivity contribution in [1.82, 2.24) is 25.3 Å². The number of piperazine rings is 1. The molecule has 0 spiro atoms. The van der Waals surface area contributed by atoms with Gasteiger partial charge < -0.3 is 15.5 Å². The van der Waals surface area contributed by atoms with Crippen molar-refractivity contribution in [2.75, 3.05) is 67.0 Å². The third-order valence-electron chi connectivity index (χ3n) is 4.39. The molecule has 0 aliphatic carbocycles. The first-order valence-corrected chi connectivity index (χ1v) is 8.54. The number of hydrogen-bond donors (Lipinski definition) is 2. The highest BCUT2D eigenvalue weighted by Gasteiger charge is 2.32. The van der Waals surface area contributed by atoms with E-state index in [1.165, 1.54) is 0 Å². The van der Waals surface area contributed by atoms with Gasteiger partial charge >= 0.3 is 0 Å². The van der Waals surface area contributed by atoms with Gasteiger partial charge in [-0.15, -0.1) is 0 Å². The molecule has 0 aromatic rings. The van der Waals surface area contributed by atoms with Gasteiger partial charge in [0, 0.05) is 51.9 Å². The fourth-order valence-electron chi connectivity index (χ4n) is 2.64. The van der Waals surface area contributed by atoms with Crippen LogP contribution in [0, 0.1) is 0 Å². The Morgan fingerprint density at radius 1 is 1.32 bits per heavy atom. The van der Waals surface area contributed by atoms with Crippen molar-refractivity contribution < 1.29 is 4.79 Å². The molecule has 0 bridgehead atoms. The van der Waals surface area contributed by atoms with E-state index in [4.69, 9.17) is 0 Å². The minimum absolute atomic E-state index is 0.0282. The largest absolute Gasteiger partial charge is 0.352 e. The standard InChI is InChI=1S/C16H35N5O/c1-6-14(2)18-16(22)15-13-20(8-7-17-3)10-12-21(15)11-9-19(4)5/h14-15,17H,6-13H2,1-5H3,(H,18,22). The molecule has 6 nitrogen and oxygen atoms in total. The Morgan fingerprint density at radius 3 is 2.64 bits per heavy atom. The Bertz CT molecular complexity index is 324. The van der Waals surface area contributed by atoms with Crippen molar-refractivity contribution in [1.29, 1.82) is 0 Å². The second kappa shape index (κ2) is 10.2. The average molecular weight is 313 g/mol. The zero-order chi connectivity index (χ0) is 16.5. The van der Waals surface area contributed by atoms with Crippen LogP contribution in [0.3, 0.4) is 0 Å². The second-order valence-corrected chi connectivity index (χ2v) is 6.58. The molecule has 0 radical (unpaired) electrons. The molecule has 6 heteroatoms. The van der Waals surface area contributed by atoms with Gasteiger partial charge in [-0.1, -0.05) is 6.92 Å². The quantitative estimate of drug-likeness (QED) is 0.610. The predicted molar refractivity (Wildman–Crippen MR) is 92.2 cm³/mol. The number of carbonyl (C=O) groups excluding carboxylic acids is 1. The number of nitrogens with zero attached hydrogens (tertiary/aromatic N) is 3. The number of hydrogen-bond acceptors (Lipinski definition) is 5. The summed E-state index contributed by atoms with van der Waals surface area (Å²) in [6.45, 7) is 10.9. The Kier molecular flexibility index (Phi) is 8.93. The Hall–Kier alpha value is -0.690. The number of amides is 1. The highest BCUT2D eigenvalue weighted by atomic mass is 16.2. The first-order chi connectivity index (χ1) is 10.5. The van der Waals surface area contributed by atoms with Crippen molar-refractivity contribution in [2.45, 2.75) is 32.4 Å². The maximum Gasteiger partial charge on any atom is 0.238 e. The third kappa shape index (κ3) is 6.60. The first-order valence-electron chi connectivity index (χ1n) is 8.54. The van der Waals surface area contributed by atoms with Crippen LogP contribution >= 0.6 is 0 Å². The van der Waals surface area contributed by atoms with Crippen LogP contribution in [0.5, 0.6) is 0 Å². The zero-order valence-electron chi connectivity index (χ0n) is 15.1. The molecule has 1 aliphatic rings. The summed E-state index contributed by atoms with van der Waals surface area (Å²) in [7, 11) is 6.13. The van der Waals surface area contributed by atoms with Crippen molar-refractivity contribution in [3.8, 4) is 0 Å². The summed E-state index contributed by atoms with van der Waals surface area (Å²) in [5.74, 6) is 0.183. The van der Waals surface area contributed by atoms with Gasteiger partial charge in [-0.05, 0) is 34.5 Å². The number of nitrogens with one attached hydrogen (secondary N) is 2. The molecule has 0 aromatic carbocycles. The minimum atomic E-state index is -0.0282. The van der Waals surface area contributed by atoms with Gasteiger partial charge in [0.05, 0.1) is 0 Å². The lowest BCUT2D eigenvalue weighted by Gasteiger charge is -2.41. The molecular weight excluding hydrogens is 278 g/mol. The number of likely N-dealkylation sites (N-methyl/N-ethyl adjacent to an activating group) is 2. The van der Waals surface area contributed by atoms with Crippen LogP contribution in [0.15, 0.2) is 0 Å². The summed E-state index contributed by atoms with van der Waals surface area (Å²) in [5, 5.41) is 6.35. The molecule has 22 heavy (non-hydrogen) atoms. The molecule has 0 aromatic heterocycles. The topological polar surface area (TPSA) is 50.9 Å². The summed E-state index contributed by atoms with van der Waals surface area (Å²) in [5.41, 5.74) is 0. The Balaban J connectivity index is 2.63. The van der Waals surface area contributed by atoms with Crippen molar-refractivity contribution in [3.05, 3.63) is 0 Å². The van der Waals surface area contributed by atoms with Gasteiger partial charge in [0.15, 0.2) is 0 Å². The summed E-state index contributed by atoms with van der Waals surface area (Å²) in [6, 6.07) is 0.218. The lowest BCUT2D eigenvalue weighted by atomic mass is 10.1. The van der Waals surface area contributed by atoms with E-state index in [9.17, 15) is 4.79 Å². The van der Waals surface area contributed by atoms with Crippen molar-refractivity contribution in [3.63, 3.8) is 0 Å². The summed E-state index contributed by atoms with van der Waals surface area (Å²) >= 11 is 0. The summed E-state index contributed by atoms with van der Waals surface area (Å²) in [6.07, 6.45) is 0.972. The lowest BCUT2D eigenvalue weighted by Crippen LogP contribution is -2.61. The van der Waals surface area contributed by atoms with Crippen LogP contribution < -0.4 is 10.6 Å². The van der Waals surface area contributed by atoms with E-state index in [1.807, 2.05) is 7.05 Å². The molecule has 1 aliphatic heterocycles. The van der Waals surface area contributed by atoms with Crippen molar-refractivity contribution in [2.24, 2.45) is 0 Å². The smallest absolute Gasteiger partial charge is 0.238 e. The first kappa shape index (κ1) is 19.4. The molecule has 2 N–H and O–H groups in total. The predicted octanol–water partition coefficient (Wildman–Crippen LogP) is -0.332. The monoisotopic (exact) mass is 313 g/mol. The van der Waals surface area contributed by atoms with E-state index in [0.717, 1.165) is 52.2 Å². The maximum absolute atomic E-state index is 12.6. The van der Waals surface area contributed by atoms with E-state index in [0.29, 0.717) is 0 Å². The molecular formula is C16H35N5O. The van der Waals surface area contributed by atoms with Crippen LogP contribution in [0.2, 0.25) is 0 Å². The molecule has 2 atom stereocenters. The molecule has 1 saturated heterocycles. The van der Waals surface area contributed by atoms with Gasteiger partial charge in [-0.2, -0.15) is 0 Å². The SMILES string of the molecule is CCC(C)NC(=O)C1CN(CCNC)CCN1CCN(C)C. The maximum atomic E-state index is 12.6. The average Bonchev–Trinajstić information content (AvgIpc) is 2.50. The van der Waals surface area contributed by atoms with E-state index in [1.54, 1.807) is 0 Å².